The summed E-state index contributed by atoms with van der Waals surface area (Å²) in [6.45, 7) is 0. The summed E-state index contributed by atoms with van der Waals surface area (Å²) < 4.78 is 0. The summed E-state index contributed by atoms with van der Waals surface area (Å²) in [5.41, 5.74) is 12.8. The first-order valence-corrected chi connectivity index (χ1v) is 11.9. The topological polar surface area (TPSA) is 23.8 Å². The average Bonchev–Trinajstić information content (AvgIpc) is 3.14. The molecule has 1 spiro atoms. The van der Waals surface area contributed by atoms with Crippen molar-refractivity contribution in [3.8, 4) is 28.3 Å². The van der Waals surface area contributed by atoms with E-state index >= 15 is 0 Å². The fraction of sp³-hybridized carbons (Fsp3) is 0.0294. The zero-order valence-corrected chi connectivity index (χ0v) is 19.1. The molecular weight excluding hydrogens is 422 g/mol. The highest BCUT2D eigenvalue weighted by Gasteiger charge is 2.48. The van der Waals surface area contributed by atoms with Gasteiger partial charge in [-0.1, -0.05) is 109 Å². The Morgan fingerprint density at radius 1 is 0.486 bits per heavy atom. The molecule has 0 aliphatic heterocycles. The first-order valence-electron chi connectivity index (χ1n) is 11.9. The molecule has 0 unspecified atom stereocenters. The van der Waals surface area contributed by atoms with E-state index in [9.17, 15) is 5.26 Å². The molecule has 0 fully saturated rings. The maximum atomic E-state index is 9.40. The molecule has 162 valence electrons. The molecule has 0 amide bonds. The lowest BCUT2D eigenvalue weighted by Crippen LogP contribution is -2.29. The van der Waals surface area contributed by atoms with E-state index in [1.54, 1.807) is 0 Å². The molecule has 2 aliphatic carbocycles. The molecule has 0 heterocycles. The minimum atomic E-state index is -0.393. The molecule has 5 aromatic rings. The lowest BCUT2D eigenvalue weighted by atomic mass is 9.66. The van der Waals surface area contributed by atoms with E-state index in [0.29, 0.717) is 5.56 Å². The van der Waals surface area contributed by atoms with Crippen LogP contribution in [0.4, 0.5) is 0 Å². The third-order valence-electron chi connectivity index (χ3n) is 7.54. The summed E-state index contributed by atoms with van der Waals surface area (Å²) in [5, 5.41) is 9.40. The number of rotatable bonds is 1. The van der Waals surface area contributed by atoms with Gasteiger partial charge in [0, 0.05) is 0 Å². The number of nitriles is 1. The van der Waals surface area contributed by atoms with Crippen molar-refractivity contribution in [3.63, 3.8) is 0 Å². The van der Waals surface area contributed by atoms with Crippen LogP contribution in [-0.2, 0) is 5.41 Å². The fourth-order valence-electron chi connectivity index (χ4n) is 6.11. The third-order valence-corrected chi connectivity index (χ3v) is 7.54. The SMILES string of the molecule is N#Cc1cccc(-c2ccc3c(c2)C=Cc2ccccc2C32c3ccccc3-c3ccccc32)c1. The van der Waals surface area contributed by atoms with Crippen molar-refractivity contribution in [1.29, 1.82) is 5.26 Å². The lowest BCUT2D eigenvalue weighted by molar-refractivity contribution is 0.766. The molecule has 5 aromatic carbocycles. The normalized spacial score (nSPS) is 13.8. The zero-order chi connectivity index (χ0) is 23.4. The van der Waals surface area contributed by atoms with Crippen LogP contribution in [0.15, 0.2) is 115 Å². The van der Waals surface area contributed by atoms with Crippen molar-refractivity contribution >= 4 is 12.2 Å². The van der Waals surface area contributed by atoms with Gasteiger partial charge in [-0.15, -0.1) is 0 Å². The van der Waals surface area contributed by atoms with Crippen molar-refractivity contribution in [2.45, 2.75) is 5.41 Å². The molecular formula is C34H21N. The maximum Gasteiger partial charge on any atom is 0.0991 e. The molecule has 0 saturated heterocycles. The molecule has 0 bridgehead atoms. The molecule has 0 atom stereocenters. The Balaban J connectivity index is 1.59. The van der Waals surface area contributed by atoms with Crippen LogP contribution in [0.2, 0.25) is 0 Å². The van der Waals surface area contributed by atoms with E-state index in [1.165, 1.54) is 44.5 Å². The predicted molar refractivity (Wildman–Crippen MR) is 143 cm³/mol. The minimum absolute atomic E-state index is 0.393. The third kappa shape index (κ3) is 2.68. The summed E-state index contributed by atoms with van der Waals surface area (Å²) in [4.78, 5) is 0. The van der Waals surface area contributed by atoms with Gasteiger partial charge in [-0.3, -0.25) is 0 Å². The Bertz CT molecular complexity index is 1670. The Hall–Kier alpha value is -4.67. The Labute approximate surface area is 205 Å². The van der Waals surface area contributed by atoms with Crippen molar-refractivity contribution < 1.29 is 0 Å². The summed E-state index contributed by atoms with van der Waals surface area (Å²) in [6.07, 6.45) is 4.51. The molecule has 0 aromatic heterocycles. The van der Waals surface area contributed by atoms with Gasteiger partial charge in [0.05, 0.1) is 17.0 Å². The van der Waals surface area contributed by atoms with Crippen LogP contribution >= 0.6 is 0 Å². The molecule has 0 radical (unpaired) electrons. The van der Waals surface area contributed by atoms with Gasteiger partial charge in [-0.05, 0) is 73.8 Å². The second kappa shape index (κ2) is 7.42. The van der Waals surface area contributed by atoms with Crippen molar-refractivity contribution in [1.82, 2.24) is 0 Å². The number of fused-ring (bicyclic) bond motifs is 9. The van der Waals surface area contributed by atoms with Gasteiger partial charge >= 0.3 is 0 Å². The van der Waals surface area contributed by atoms with E-state index < -0.39 is 5.41 Å². The van der Waals surface area contributed by atoms with Gasteiger partial charge in [-0.2, -0.15) is 5.26 Å². The Kier molecular flexibility index (Phi) is 4.19. The minimum Gasteiger partial charge on any atom is -0.192 e. The van der Waals surface area contributed by atoms with Crippen LogP contribution in [0, 0.1) is 11.3 Å². The van der Waals surface area contributed by atoms with Gasteiger partial charge in [0.2, 0.25) is 0 Å². The highest BCUT2D eigenvalue weighted by molar-refractivity contribution is 5.91. The second-order valence-corrected chi connectivity index (χ2v) is 9.26. The highest BCUT2D eigenvalue weighted by atomic mass is 14.5. The molecule has 0 saturated carbocycles. The molecule has 0 N–H and O–H groups in total. The number of benzene rings is 5. The van der Waals surface area contributed by atoms with Crippen LogP contribution in [0.1, 0.15) is 38.9 Å². The molecule has 1 heteroatoms. The smallest absolute Gasteiger partial charge is 0.0991 e. The Morgan fingerprint density at radius 2 is 1.09 bits per heavy atom. The zero-order valence-electron chi connectivity index (χ0n) is 19.1. The highest BCUT2D eigenvalue weighted by Crippen LogP contribution is 2.58. The van der Waals surface area contributed by atoms with Gasteiger partial charge in [-0.25, -0.2) is 0 Å². The molecule has 7 rings (SSSR count). The number of hydrogen-bond acceptors (Lipinski definition) is 1. The quantitative estimate of drug-likeness (QED) is 0.252. The van der Waals surface area contributed by atoms with Gasteiger partial charge in [0.25, 0.3) is 0 Å². The lowest BCUT2D eigenvalue weighted by Gasteiger charge is -2.35. The number of nitrogens with zero attached hydrogens (tertiary/aromatic N) is 1. The van der Waals surface area contributed by atoms with E-state index in [0.717, 1.165) is 11.1 Å². The van der Waals surface area contributed by atoms with Gasteiger partial charge in [0.15, 0.2) is 0 Å². The van der Waals surface area contributed by atoms with E-state index in [1.807, 2.05) is 18.2 Å². The summed E-state index contributed by atoms with van der Waals surface area (Å²) in [7, 11) is 0. The first-order chi connectivity index (χ1) is 17.3. The Morgan fingerprint density at radius 3 is 1.83 bits per heavy atom. The first kappa shape index (κ1) is 19.8. The van der Waals surface area contributed by atoms with Crippen LogP contribution in [0.5, 0.6) is 0 Å². The largest absolute Gasteiger partial charge is 0.192 e. The summed E-state index contributed by atoms with van der Waals surface area (Å²) in [5.74, 6) is 0. The number of hydrogen-bond donors (Lipinski definition) is 0. The van der Waals surface area contributed by atoms with Crippen molar-refractivity contribution in [2.24, 2.45) is 0 Å². The molecule has 2 aliphatic rings. The van der Waals surface area contributed by atoms with E-state index in [2.05, 4.69) is 115 Å². The standard InChI is InChI=1S/C34H21N/c35-22-23-8-7-10-25(20-23)26-18-19-31-27(21-26)17-16-24-9-1-4-13-30(24)34(31)32-14-5-2-11-28(32)29-12-3-6-15-33(29)34/h1-21H. The summed E-state index contributed by atoms with van der Waals surface area (Å²) in [6, 6.07) is 43.4. The van der Waals surface area contributed by atoms with Crippen LogP contribution in [0.25, 0.3) is 34.4 Å². The van der Waals surface area contributed by atoms with Crippen molar-refractivity contribution in [2.75, 3.05) is 0 Å². The van der Waals surface area contributed by atoms with Gasteiger partial charge in [0.1, 0.15) is 0 Å². The van der Waals surface area contributed by atoms with Crippen LogP contribution < -0.4 is 0 Å². The fourth-order valence-corrected chi connectivity index (χ4v) is 6.11. The van der Waals surface area contributed by atoms with Crippen LogP contribution in [0.3, 0.4) is 0 Å². The predicted octanol–water partition coefficient (Wildman–Crippen LogP) is 8.07. The van der Waals surface area contributed by atoms with Gasteiger partial charge < -0.3 is 0 Å². The monoisotopic (exact) mass is 443 g/mol. The molecule has 35 heavy (non-hydrogen) atoms. The van der Waals surface area contributed by atoms with E-state index in [-0.39, 0.29) is 0 Å². The van der Waals surface area contributed by atoms with E-state index in [4.69, 9.17) is 0 Å². The maximum absolute atomic E-state index is 9.40. The van der Waals surface area contributed by atoms with Crippen LogP contribution in [-0.4, -0.2) is 0 Å². The second-order valence-electron chi connectivity index (χ2n) is 9.26. The molecule has 1 nitrogen and oxygen atoms in total. The summed E-state index contributed by atoms with van der Waals surface area (Å²) >= 11 is 0. The van der Waals surface area contributed by atoms with Crippen molar-refractivity contribution in [3.05, 3.63) is 154 Å². The average molecular weight is 444 g/mol.